The zero-order valence-electron chi connectivity index (χ0n) is 21.9. The second-order valence-electron chi connectivity index (χ2n) is 10.1. The number of alkyl halides is 3. The third-order valence-electron chi connectivity index (χ3n) is 6.60. The Hall–Kier alpha value is -2.61. The van der Waals surface area contributed by atoms with E-state index < -0.39 is 18.9 Å². The molecule has 1 saturated carbocycles. The molecule has 0 aliphatic heterocycles. The molecule has 3 N–H and O–H groups in total. The van der Waals surface area contributed by atoms with Crippen LogP contribution in [0.1, 0.15) is 64.4 Å². The molecule has 1 aromatic heterocycles. The van der Waals surface area contributed by atoms with Crippen molar-refractivity contribution < 1.29 is 22.5 Å². The van der Waals surface area contributed by atoms with Crippen molar-refractivity contribution in [1.82, 2.24) is 15.3 Å². The van der Waals surface area contributed by atoms with Crippen LogP contribution in [0, 0.1) is 5.92 Å². The third-order valence-corrected chi connectivity index (χ3v) is 8.15. The largest absolute Gasteiger partial charge is 0.421 e. The lowest BCUT2D eigenvalue weighted by Crippen LogP contribution is -2.38. The van der Waals surface area contributed by atoms with Gasteiger partial charge in [-0.05, 0) is 69.7 Å². The fourth-order valence-corrected chi connectivity index (χ4v) is 5.51. The predicted octanol–water partition coefficient (Wildman–Crippen LogP) is 6.15. The molecule has 3 rings (SSSR count). The van der Waals surface area contributed by atoms with E-state index in [-0.39, 0.29) is 35.7 Å². The summed E-state index contributed by atoms with van der Waals surface area (Å²) in [4.78, 5) is 20.8. The van der Waals surface area contributed by atoms with Crippen LogP contribution >= 0.6 is 7.14 Å². The molecule has 204 valence electrons. The highest BCUT2D eigenvalue weighted by atomic mass is 31.2. The van der Waals surface area contributed by atoms with E-state index in [1.807, 2.05) is 0 Å². The summed E-state index contributed by atoms with van der Waals surface area (Å²) in [6.45, 7) is 7.49. The van der Waals surface area contributed by atoms with Gasteiger partial charge in [-0.1, -0.05) is 26.7 Å². The van der Waals surface area contributed by atoms with E-state index in [0.29, 0.717) is 30.3 Å². The van der Waals surface area contributed by atoms with Crippen LogP contribution in [0.5, 0.6) is 0 Å². The fraction of sp³-hybridized carbons (Fsp3) is 0.577. The van der Waals surface area contributed by atoms with E-state index in [0.717, 1.165) is 31.9 Å². The van der Waals surface area contributed by atoms with Gasteiger partial charge in [-0.3, -0.25) is 4.79 Å². The fourth-order valence-electron chi connectivity index (χ4n) is 4.64. The van der Waals surface area contributed by atoms with Crippen molar-refractivity contribution in [3.63, 3.8) is 0 Å². The van der Waals surface area contributed by atoms with Crippen molar-refractivity contribution in [3.05, 3.63) is 36.0 Å². The first kappa shape index (κ1) is 29.0. The number of rotatable bonds is 11. The molecule has 1 aromatic carbocycles. The predicted molar refractivity (Wildman–Crippen MR) is 142 cm³/mol. The van der Waals surface area contributed by atoms with E-state index in [1.54, 1.807) is 37.6 Å². The van der Waals surface area contributed by atoms with Crippen LogP contribution < -0.4 is 21.3 Å². The van der Waals surface area contributed by atoms with Gasteiger partial charge in [0.25, 0.3) is 0 Å². The molecule has 2 aromatic rings. The molecule has 11 heteroatoms. The molecule has 1 fully saturated rings. The minimum absolute atomic E-state index is 0.00805. The summed E-state index contributed by atoms with van der Waals surface area (Å²) in [7, 11) is -2.42. The minimum Gasteiger partial charge on any atom is -0.367 e. The normalized spacial score (nSPS) is 18.2. The number of amides is 1. The smallest absolute Gasteiger partial charge is 0.367 e. The first-order valence-electron chi connectivity index (χ1n) is 12.8. The van der Waals surface area contributed by atoms with Gasteiger partial charge in [0.1, 0.15) is 18.5 Å². The van der Waals surface area contributed by atoms with Crippen LogP contribution in [0.4, 0.5) is 30.6 Å². The van der Waals surface area contributed by atoms with Gasteiger partial charge < -0.3 is 20.5 Å². The monoisotopic (exact) mass is 539 g/mol. The van der Waals surface area contributed by atoms with Crippen molar-refractivity contribution >= 4 is 35.8 Å². The number of carbonyl (C=O) groups is 1. The standard InChI is InChI=1S/C26H37F3N5O2P/c1-5-7-18(8-6-2)32-24(35)17-9-10-20(15-17)31-23-22(26(27,28)29)16-30-25(34-23)33-19-11-13-21(14-12-19)37(3,4)36/h11-14,16-18,20H,5-10,15H2,1-4H3,(H,32,35)(H2,30,31,33,34). The van der Waals surface area contributed by atoms with Crippen LogP contribution in [-0.2, 0) is 15.5 Å². The van der Waals surface area contributed by atoms with Gasteiger partial charge in [-0.25, -0.2) is 4.98 Å². The molecule has 2 atom stereocenters. The van der Waals surface area contributed by atoms with E-state index in [2.05, 4.69) is 39.8 Å². The number of halogens is 3. The molecule has 1 aliphatic rings. The van der Waals surface area contributed by atoms with Crippen molar-refractivity contribution in [2.45, 2.75) is 77.1 Å². The van der Waals surface area contributed by atoms with Gasteiger partial charge in [0.15, 0.2) is 0 Å². The Balaban J connectivity index is 1.71. The van der Waals surface area contributed by atoms with Gasteiger partial charge in [-0.2, -0.15) is 18.2 Å². The van der Waals surface area contributed by atoms with Crippen LogP contribution in [0.2, 0.25) is 0 Å². The van der Waals surface area contributed by atoms with Crippen molar-refractivity contribution in [1.29, 1.82) is 0 Å². The van der Waals surface area contributed by atoms with Gasteiger partial charge in [0.2, 0.25) is 11.9 Å². The average molecular weight is 540 g/mol. The molecular formula is C26H37F3N5O2P. The molecule has 0 spiro atoms. The van der Waals surface area contributed by atoms with Crippen LogP contribution in [0.15, 0.2) is 30.5 Å². The number of aromatic nitrogens is 2. The summed E-state index contributed by atoms with van der Waals surface area (Å²) < 4.78 is 53.3. The first-order chi connectivity index (χ1) is 17.4. The quantitative estimate of drug-likeness (QED) is 0.297. The number of carbonyl (C=O) groups excluding carboxylic acids is 1. The molecule has 0 saturated heterocycles. The maximum atomic E-state index is 13.7. The van der Waals surface area contributed by atoms with Crippen LogP contribution in [-0.4, -0.2) is 41.3 Å². The number of nitrogens with one attached hydrogen (secondary N) is 3. The van der Waals surface area contributed by atoms with Crippen LogP contribution in [0.3, 0.4) is 0 Å². The Kier molecular flexibility index (Phi) is 9.62. The summed E-state index contributed by atoms with van der Waals surface area (Å²) in [6, 6.07) is 6.63. The number of nitrogens with zero attached hydrogens (tertiary/aromatic N) is 2. The molecule has 0 bridgehead atoms. The highest BCUT2D eigenvalue weighted by Gasteiger charge is 2.37. The zero-order chi connectivity index (χ0) is 27.2. The lowest BCUT2D eigenvalue weighted by atomic mass is 10.0. The maximum Gasteiger partial charge on any atom is 0.421 e. The van der Waals surface area contributed by atoms with Gasteiger partial charge >= 0.3 is 6.18 Å². The summed E-state index contributed by atoms with van der Waals surface area (Å²) in [5, 5.41) is 9.68. The second kappa shape index (κ2) is 12.3. The van der Waals surface area contributed by atoms with Gasteiger partial charge in [-0.15, -0.1) is 0 Å². The molecule has 1 aliphatic carbocycles. The SMILES string of the molecule is CCCC(CCC)NC(=O)C1CCC(Nc2nc(Nc3ccc(P(C)(C)=O)cc3)ncc2C(F)(F)F)C1. The van der Waals surface area contributed by atoms with Gasteiger partial charge in [0.05, 0.1) is 0 Å². The molecule has 0 radical (unpaired) electrons. The Labute approximate surface area is 216 Å². The molecule has 2 unspecified atom stereocenters. The highest BCUT2D eigenvalue weighted by molar-refractivity contribution is 7.70. The van der Waals surface area contributed by atoms with Gasteiger partial charge in [0, 0.05) is 35.2 Å². The van der Waals surface area contributed by atoms with Crippen molar-refractivity contribution in [3.8, 4) is 0 Å². The average Bonchev–Trinajstić information content (AvgIpc) is 3.27. The lowest BCUT2D eigenvalue weighted by molar-refractivity contribution is -0.137. The van der Waals surface area contributed by atoms with Crippen molar-refractivity contribution in [2.75, 3.05) is 24.0 Å². The summed E-state index contributed by atoms with van der Waals surface area (Å²) in [6.07, 6.45) is 1.54. The number of benzene rings is 1. The zero-order valence-corrected chi connectivity index (χ0v) is 22.8. The molecular weight excluding hydrogens is 502 g/mol. The molecule has 7 nitrogen and oxygen atoms in total. The van der Waals surface area contributed by atoms with Crippen molar-refractivity contribution in [2.24, 2.45) is 5.92 Å². The van der Waals surface area contributed by atoms with E-state index in [1.165, 1.54) is 0 Å². The Morgan fingerprint density at radius 2 is 1.76 bits per heavy atom. The topological polar surface area (TPSA) is 96.0 Å². The number of anilines is 3. The summed E-state index contributed by atoms with van der Waals surface area (Å²) >= 11 is 0. The third kappa shape index (κ3) is 8.19. The van der Waals surface area contributed by atoms with E-state index >= 15 is 0 Å². The Morgan fingerprint density at radius 1 is 1.11 bits per heavy atom. The second-order valence-corrected chi connectivity index (χ2v) is 13.3. The minimum atomic E-state index is -4.63. The van der Waals surface area contributed by atoms with E-state index in [9.17, 15) is 22.5 Å². The first-order valence-corrected chi connectivity index (χ1v) is 15.4. The summed E-state index contributed by atoms with van der Waals surface area (Å²) in [5.41, 5.74) is -0.389. The number of hydrogen-bond acceptors (Lipinski definition) is 6. The highest BCUT2D eigenvalue weighted by Crippen LogP contribution is 2.37. The molecule has 1 heterocycles. The van der Waals surface area contributed by atoms with Crippen LogP contribution in [0.25, 0.3) is 0 Å². The summed E-state index contributed by atoms with van der Waals surface area (Å²) in [5.74, 6) is -0.568. The Morgan fingerprint density at radius 3 is 2.32 bits per heavy atom. The molecule has 37 heavy (non-hydrogen) atoms. The lowest BCUT2D eigenvalue weighted by Gasteiger charge is -2.21. The maximum absolute atomic E-state index is 13.7. The van der Waals surface area contributed by atoms with E-state index in [4.69, 9.17) is 0 Å². The molecule has 1 amide bonds. The Bertz CT molecular complexity index is 1100. The number of hydrogen-bond donors (Lipinski definition) is 3.